The third kappa shape index (κ3) is 4.47. The number of carbonyl (C=O) groups is 2. The Bertz CT molecular complexity index is 782. The van der Waals surface area contributed by atoms with Gasteiger partial charge in [0.2, 0.25) is 5.91 Å². The molecule has 1 aromatic heterocycles. The predicted octanol–water partition coefficient (Wildman–Crippen LogP) is 1.91. The average molecular weight is 350 g/mol. The van der Waals surface area contributed by atoms with Gasteiger partial charge in [0.15, 0.2) is 0 Å². The van der Waals surface area contributed by atoms with E-state index in [1.807, 2.05) is 42.5 Å². The van der Waals surface area contributed by atoms with Gasteiger partial charge in [0.25, 0.3) is 5.91 Å². The Morgan fingerprint density at radius 2 is 1.65 bits per heavy atom. The minimum atomic E-state index is -0.254. The number of nitrogens with one attached hydrogen (secondary N) is 1. The standard InChI is InChI=1S/C20H22N4O2/c1-16(25)22-19(15-17-5-3-2-4-6-17)20(26)24-13-11-23(12-14-24)18-7-9-21-10-8-18/h2-10,15H,11-14H2,1H3,(H,22,25)/b19-15-. The summed E-state index contributed by atoms with van der Waals surface area (Å²) in [5.74, 6) is -0.408. The zero-order chi connectivity index (χ0) is 18.4. The summed E-state index contributed by atoms with van der Waals surface area (Å²) in [5.41, 5.74) is 2.29. The molecular formula is C20H22N4O2. The first kappa shape index (κ1) is 17.7. The van der Waals surface area contributed by atoms with E-state index in [0.29, 0.717) is 18.8 Å². The van der Waals surface area contributed by atoms with Crippen molar-refractivity contribution in [1.29, 1.82) is 0 Å². The molecular weight excluding hydrogens is 328 g/mol. The number of anilines is 1. The van der Waals surface area contributed by atoms with Crippen molar-refractivity contribution in [2.45, 2.75) is 6.92 Å². The molecule has 1 aliphatic heterocycles. The molecule has 26 heavy (non-hydrogen) atoms. The fraction of sp³-hybridized carbons (Fsp3) is 0.250. The Labute approximate surface area is 153 Å². The SMILES string of the molecule is CC(=O)N/C(=C\c1ccccc1)C(=O)N1CCN(c2ccncc2)CC1. The molecule has 2 amide bonds. The maximum Gasteiger partial charge on any atom is 0.270 e. The molecule has 0 radical (unpaired) electrons. The summed E-state index contributed by atoms with van der Waals surface area (Å²) in [6, 6.07) is 13.4. The van der Waals surface area contributed by atoms with Crippen molar-refractivity contribution >= 4 is 23.6 Å². The van der Waals surface area contributed by atoms with Gasteiger partial charge in [-0.25, -0.2) is 0 Å². The van der Waals surface area contributed by atoms with Crippen LogP contribution in [-0.2, 0) is 9.59 Å². The van der Waals surface area contributed by atoms with Gasteiger partial charge >= 0.3 is 0 Å². The summed E-state index contributed by atoms with van der Waals surface area (Å²) in [6.07, 6.45) is 5.26. The lowest BCUT2D eigenvalue weighted by Crippen LogP contribution is -2.50. The summed E-state index contributed by atoms with van der Waals surface area (Å²) < 4.78 is 0. The van der Waals surface area contributed by atoms with E-state index in [1.165, 1.54) is 6.92 Å². The number of hydrogen-bond acceptors (Lipinski definition) is 4. The maximum absolute atomic E-state index is 12.9. The number of carbonyl (C=O) groups excluding carboxylic acids is 2. The molecule has 2 aromatic rings. The lowest BCUT2D eigenvalue weighted by molar-refractivity contribution is -0.129. The molecule has 6 heteroatoms. The second-order valence-corrected chi connectivity index (χ2v) is 6.13. The number of benzene rings is 1. The van der Waals surface area contributed by atoms with Gasteiger partial charge < -0.3 is 15.1 Å². The summed E-state index contributed by atoms with van der Waals surface area (Å²) in [5, 5.41) is 2.68. The zero-order valence-corrected chi connectivity index (χ0v) is 14.8. The van der Waals surface area contributed by atoms with Crippen molar-refractivity contribution in [3.05, 3.63) is 66.1 Å². The fourth-order valence-electron chi connectivity index (χ4n) is 2.95. The summed E-state index contributed by atoms with van der Waals surface area (Å²) >= 11 is 0. The molecule has 1 saturated heterocycles. The van der Waals surface area contributed by atoms with E-state index in [1.54, 1.807) is 23.4 Å². The van der Waals surface area contributed by atoms with Crippen molar-refractivity contribution in [2.24, 2.45) is 0 Å². The van der Waals surface area contributed by atoms with E-state index in [9.17, 15) is 9.59 Å². The maximum atomic E-state index is 12.9. The summed E-state index contributed by atoms with van der Waals surface area (Å²) in [7, 11) is 0. The van der Waals surface area contributed by atoms with Crippen LogP contribution in [0, 0.1) is 0 Å². The summed E-state index contributed by atoms with van der Waals surface area (Å²) in [4.78, 5) is 32.5. The van der Waals surface area contributed by atoms with Crippen LogP contribution in [0.25, 0.3) is 6.08 Å². The molecule has 6 nitrogen and oxygen atoms in total. The van der Waals surface area contributed by atoms with Crippen molar-refractivity contribution in [1.82, 2.24) is 15.2 Å². The highest BCUT2D eigenvalue weighted by Gasteiger charge is 2.24. The van der Waals surface area contributed by atoms with E-state index in [4.69, 9.17) is 0 Å². The van der Waals surface area contributed by atoms with Crippen molar-refractivity contribution in [2.75, 3.05) is 31.1 Å². The van der Waals surface area contributed by atoms with E-state index < -0.39 is 0 Å². The first-order chi connectivity index (χ1) is 12.6. The fourth-order valence-corrected chi connectivity index (χ4v) is 2.95. The Hall–Kier alpha value is -3.15. The largest absolute Gasteiger partial charge is 0.368 e. The van der Waals surface area contributed by atoms with Crippen LogP contribution in [-0.4, -0.2) is 47.9 Å². The summed E-state index contributed by atoms with van der Waals surface area (Å²) in [6.45, 7) is 4.11. The highest BCUT2D eigenvalue weighted by molar-refractivity contribution is 6.01. The quantitative estimate of drug-likeness (QED) is 0.856. The van der Waals surface area contributed by atoms with Crippen LogP contribution in [0.3, 0.4) is 0 Å². The Morgan fingerprint density at radius 3 is 2.27 bits per heavy atom. The minimum absolute atomic E-state index is 0.154. The van der Waals surface area contributed by atoms with E-state index >= 15 is 0 Å². The Kier molecular flexibility index (Phi) is 5.63. The van der Waals surface area contributed by atoms with Crippen LogP contribution in [0.1, 0.15) is 12.5 Å². The smallest absolute Gasteiger partial charge is 0.270 e. The molecule has 1 aliphatic rings. The lowest BCUT2D eigenvalue weighted by Gasteiger charge is -2.36. The molecule has 1 fully saturated rings. The van der Waals surface area contributed by atoms with Crippen molar-refractivity contribution < 1.29 is 9.59 Å². The van der Waals surface area contributed by atoms with Crippen LogP contribution in [0.5, 0.6) is 0 Å². The molecule has 0 unspecified atom stereocenters. The number of hydrogen-bond donors (Lipinski definition) is 1. The molecule has 0 atom stereocenters. The van der Waals surface area contributed by atoms with E-state index in [2.05, 4.69) is 15.2 Å². The van der Waals surface area contributed by atoms with Crippen molar-refractivity contribution in [3.63, 3.8) is 0 Å². The van der Waals surface area contributed by atoms with E-state index in [0.717, 1.165) is 24.3 Å². The lowest BCUT2D eigenvalue weighted by atomic mass is 10.1. The second kappa shape index (κ2) is 8.29. The molecule has 0 saturated carbocycles. The van der Waals surface area contributed by atoms with Gasteiger partial charge in [-0.2, -0.15) is 0 Å². The molecule has 2 heterocycles. The highest BCUT2D eigenvalue weighted by Crippen LogP contribution is 2.16. The number of piperazine rings is 1. The first-order valence-electron chi connectivity index (χ1n) is 8.62. The number of rotatable bonds is 4. The van der Waals surface area contributed by atoms with Gasteiger partial charge in [0, 0.05) is 51.2 Å². The van der Waals surface area contributed by atoms with E-state index in [-0.39, 0.29) is 11.8 Å². The topological polar surface area (TPSA) is 65.5 Å². The van der Waals surface area contributed by atoms with Gasteiger partial charge in [-0.3, -0.25) is 14.6 Å². The van der Waals surface area contributed by atoms with Gasteiger partial charge in [0.05, 0.1) is 0 Å². The van der Waals surface area contributed by atoms with Gasteiger partial charge in [-0.15, -0.1) is 0 Å². The normalized spacial score (nSPS) is 14.9. The predicted molar refractivity (Wildman–Crippen MR) is 101 cm³/mol. The van der Waals surface area contributed by atoms with Gasteiger partial charge in [0.1, 0.15) is 5.70 Å². The number of aromatic nitrogens is 1. The van der Waals surface area contributed by atoms with Crippen LogP contribution in [0.4, 0.5) is 5.69 Å². The molecule has 1 N–H and O–H groups in total. The minimum Gasteiger partial charge on any atom is -0.368 e. The first-order valence-corrected chi connectivity index (χ1v) is 8.62. The number of amides is 2. The molecule has 0 bridgehead atoms. The van der Waals surface area contributed by atoms with Crippen LogP contribution >= 0.6 is 0 Å². The third-order valence-corrected chi connectivity index (χ3v) is 4.25. The highest BCUT2D eigenvalue weighted by atomic mass is 16.2. The zero-order valence-electron chi connectivity index (χ0n) is 14.8. The van der Waals surface area contributed by atoms with Crippen LogP contribution in [0.2, 0.25) is 0 Å². The van der Waals surface area contributed by atoms with Crippen LogP contribution < -0.4 is 10.2 Å². The Balaban J connectivity index is 1.70. The second-order valence-electron chi connectivity index (χ2n) is 6.13. The Morgan fingerprint density at radius 1 is 1.00 bits per heavy atom. The third-order valence-electron chi connectivity index (χ3n) is 4.25. The molecule has 0 aliphatic carbocycles. The van der Waals surface area contributed by atoms with Crippen LogP contribution in [0.15, 0.2) is 60.6 Å². The average Bonchev–Trinajstić information content (AvgIpc) is 2.68. The molecule has 0 spiro atoms. The molecule has 3 rings (SSSR count). The van der Waals surface area contributed by atoms with Gasteiger partial charge in [-0.05, 0) is 23.8 Å². The number of pyridine rings is 1. The molecule has 1 aromatic carbocycles. The molecule has 134 valence electrons. The van der Waals surface area contributed by atoms with Gasteiger partial charge in [-0.1, -0.05) is 30.3 Å². The number of nitrogens with zero attached hydrogens (tertiary/aromatic N) is 3. The monoisotopic (exact) mass is 350 g/mol. The van der Waals surface area contributed by atoms with Crippen molar-refractivity contribution in [3.8, 4) is 0 Å².